The fraction of sp³-hybridized carbons (Fsp3) is 0.467. The molecule has 0 radical (unpaired) electrons. The Bertz CT molecular complexity index is 451. The second kappa shape index (κ2) is 7.56. The van der Waals surface area contributed by atoms with Gasteiger partial charge in [0.05, 0.1) is 14.2 Å². The van der Waals surface area contributed by atoms with Crippen molar-refractivity contribution in [3.8, 4) is 5.75 Å². The summed E-state index contributed by atoms with van der Waals surface area (Å²) in [4.78, 5) is 23.6. The Labute approximate surface area is 113 Å². The first-order valence-electron chi connectivity index (χ1n) is 6.43. The minimum Gasteiger partial charge on any atom is -0.496 e. The molecule has 0 amide bonds. The molecule has 0 atom stereocenters. The normalized spacial score (nSPS) is 10.1. The van der Waals surface area contributed by atoms with E-state index in [1.54, 1.807) is 18.2 Å². The molecule has 1 rings (SSSR count). The van der Waals surface area contributed by atoms with Gasteiger partial charge in [0.1, 0.15) is 11.3 Å². The summed E-state index contributed by atoms with van der Waals surface area (Å²) < 4.78 is 9.77. The van der Waals surface area contributed by atoms with E-state index in [1.165, 1.54) is 14.2 Å². The van der Waals surface area contributed by atoms with E-state index in [1.807, 2.05) is 0 Å². The van der Waals surface area contributed by atoms with Crippen molar-refractivity contribution in [1.82, 2.24) is 0 Å². The monoisotopic (exact) mass is 264 g/mol. The number of unbranched alkanes of at least 4 members (excludes halogenated alkanes) is 2. The minimum atomic E-state index is -0.500. The van der Waals surface area contributed by atoms with Gasteiger partial charge in [-0.15, -0.1) is 0 Å². The number of esters is 1. The highest BCUT2D eigenvalue weighted by molar-refractivity contribution is 6.00. The highest BCUT2D eigenvalue weighted by atomic mass is 16.5. The number of ether oxygens (including phenoxy) is 2. The van der Waals surface area contributed by atoms with Crippen molar-refractivity contribution in [2.75, 3.05) is 14.2 Å². The van der Waals surface area contributed by atoms with Gasteiger partial charge in [0.2, 0.25) is 0 Å². The molecule has 0 unspecified atom stereocenters. The van der Waals surface area contributed by atoms with Crippen molar-refractivity contribution in [3.63, 3.8) is 0 Å². The maximum atomic E-state index is 12.0. The molecule has 0 fully saturated rings. The van der Waals surface area contributed by atoms with Crippen LogP contribution >= 0.6 is 0 Å². The molecule has 19 heavy (non-hydrogen) atoms. The average molecular weight is 264 g/mol. The van der Waals surface area contributed by atoms with E-state index in [0.717, 1.165) is 19.3 Å². The molecule has 0 heterocycles. The fourth-order valence-electron chi connectivity index (χ4n) is 1.83. The van der Waals surface area contributed by atoms with Crippen LogP contribution < -0.4 is 4.74 Å². The summed E-state index contributed by atoms with van der Waals surface area (Å²) in [5.41, 5.74) is 0.809. The van der Waals surface area contributed by atoms with Gasteiger partial charge in [0.25, 0.3) is 0 Å². The van der Waals surface area contributed by atoms with Crippen LogP contribution in [0.3, 0.4) is 0 Å². The molecule has 0 spiro atoms. The van der Waals surface area contributed by atoms with Gasteiger partial charge in [-0.2, -0.15) is 0 Å². The summed E-state index contributed by atoms with van der Waals surface area (Å²) >= 11 is 0. The molecule has 1 aromatic rings. The van der Waals surface area contributed by atoms with Crippen LogP contribution in [0.15, 0.2) is 18.2 Å². The Morgan fingerprint density at radius 1 is 1.16 bits per heavy atom. The number of methoxy groups -OCH3 is 2. The van der Waals surface area contributed by atoms with Crippen LogP contribution in [0, 0.1) is 0 Å². The van der Waals surface area contributed by atoms with Gasteiger partial charge in [-0.3, -0.25) is 4.79 Å². The first-order valence-corrected chi connectivity index (χ1v) is 6.43. The molecular formula is C15H20O4. The van der Waals surface area contributed by atoms with Gasteiger partial charge >= 0.3 is 5.97 Å². The van der Waals surface area contributed by atoms with Crippen molar-refractivity contribution in [1.29, 1.82) is 0 Å². The number of Topliss-reactive ketones (excluding diaryl/α,β-unsaturated/α-hetero) is 1. The number of carbonyl (C=O) groups excluding carboxylic acids is 2. The van der Waals surface area contributed by atoms with Crippen molar-refractivity contribution in [3.05, 3.63) is 29.3 Å². The first-order chi connectivity index (χ1) is 9.13. The molecule has 0 aliphatic heterocycles. The first kappa shape index (κ1) is 15.2. The number of hydrogen-bond acceptors (Lipinski definition) is 4. The third kappa shape index (κ3) is 4.09. The molecule has 0 aliphatic rings. The smallest absolute Gasteiger partial charge is 0.341 e. The van der Waals surface area contributed by atoms with E-state index in [9.17, 15) is 9.59 Å². The highest BCUT2D eigenvalue weighted by Crippen LogP contribution is 2.22. The molecule has 0 N–H and O–H groups in total. The molecule has 0 saturated carbocycles. The van der Waals surface area contributed by atoms with Crippen molar-refractivity contribution < 1.29 is 19.1 Å². The average Bonchev–Trinajstić information content (AvgIpc) is 2.45. The zero-order chi connectivity index (χ0) is 14.3. The highest BCUT2D eigenvalue weighted by Gasteiger charge is 2.16. The minimum absolute atomic E-state index is 0.0428. The van der Waals surface area contributed by atoms with Crippen molar-refractivity contribution in [2.24, 2.45) is 0 Å². The summed E-state index contributed by atoms with van der Waals surface area (Å²) in [6.07, 6.45) is 3.48. The Balaban J connectivity index is 2.91. The predicted molar refractivity (Wildman–Crippen MR) is 72.8 cm³/mol. The third-order valence-corrected chi connectivity index (χ3v) is 2.93. The number of ketones is 1. The molecule has 0 bridgehead atoms. The summed E-state index contributed by atoms with van der Waals surface area (Å²) in [5, 5.41) is 0. The standard InChI is InChI=1S/C15H20O4/c1-4-5-6-7-13(16)11-8-9-14(18-2)12(10-11)15(17)19-3/h8-10H,4-7H2,1-3H3. The van der Waals surface area contributed by atoms with Gasteiger partial charge in [0.15, 0.2) is 5.78 Å². The number of benzene rings is 1. The van der Waals surface area contributed by atoms with Crippen molar-refractivity contribution in [2.45, 2.75) is 32.6 Å². The SMILES string of the molecule is CCCCCC(=O)c1ccc(OC)c(C(=O)OC)c1. The lowest BCUT2D eigenvalue weighted by Gasteiger charge is -2.08. The molecule has 4 heteroatoms. The lowest BCUT2D eigenvalue weighted by atomic mass is 10.0. The van der Waals surface area contributed by atoms with Crippen LogP contribution in [0.5, 0.6) is 5.75 Å². The largest absolute Gasteiger partial charge is 0.496 e. The zero-order valence-corrected chi connectivity index (χ0v) is 11.7. The quantitative estimate of drug-likeness (QED) is 0.431. The molecule has 1 aromatic carbocycles. The van der Waals surface area contributed by atoms with Crippen LogP contribution in [0.1, 0.15) is 53.3 Å². The van der Waals surface area contributed by atoms with Crippen LogP contribution in [0.2, 0.25) is 0 Å². The number of rotatable bonds is 7. The van der Waals surface area contributed by atoms with Crippen molar-refractivity contribution >= 4 is 11.8 Å². The van der Waals surface area contributed by atoms with E-state index in [-0.39, 0.29) is 11.3 Å². The number of carbonyl (C=O) groups is 2. The fourth-order valence-corrected chi connectivity index (χ4v) is 1.83. The van der Waals surface area contributed by atoms with Gasteiger partial charge in [-0.1, -0.05) is 19.8 Å². The molecule has 0 saturated heterocycles. The van der Waals surface area contributed by atoms with Crippen LogP contribution in [0.4, 0.5) is 0 Å². The van der Waals surface area contributed by atoms with E-state index in [2.05, 4.69) is 11.7 Å². The number of hydrogen-bond donors (Lipinski definition) is 0. The van der Waals surface area contributed by atoms with Crippen LogP contribution in [-0.4, -0.2) is 26.0 Å². The topological polar surface area (TPSA) is 52.6 Å². The molecule has 104 valence electrons. The van der Waals surface area contributed by atoms with Gasteiger partial charge in [0, 0.05) is 12.0 Å². The maximum absolute atomic E-state index is 12.0. The van der Waals surface area contributed by atoms with Crippen LogP contribution in [0.25, 0.3) is 0 Å². The lowest BCUT2D eigenvalue weighted by molar-refractivity contribution is 0.0597. The maximum Gasteiger partial charge on any atom is 0.341 e. The summed E-state index contributed by atoms with van der Waals surface area (Å²) in [7, 11) is 2.78. The van der Waals surface area contributed by atoms with E-state index < -0.39 is 5.97 Å². The van der Waals surface area contributed by atoms with E-state index >= 15 is 0 Å². The van der Waals surface area contributed by atoms with E-state index in [0.29, 0.717) is 17.7 Å². The molecule has 4 nitrogen and oxygen atoms in total. The third-order valence-electron chi connectivity index (χ3n) is 2.93. The Morgan fingerprint density at radius 2 is 1.89 bits per heavy atom. The summed E-state index contributed by atoms with van der Waals surface area (Å²) in [5.74, 6) is -0.0433. The molecule has 0 aliphatic carbocycles. The Kier molecular flexibility index (Phi) is 6.06. The Hall–Kier alpha value is -1.84. The predicted octanol–water partition coefficient (Wildman–Crippen LogP) is 3.24. The summed E-state index contributed by atoms with van der Waals surface area (Å²) in [6.45, 7) is 2.09. The van der Waals surface area contributed by atoms with Gasteiger partial charge in [-0.05, 0) is 24.6 Å². The second-order valence-electron chi connectivity index (χ2n) is 4.29. The summed E-state index contributed by atoms with van der Waals surface area (Å²) in [6, 6.07) is 4.85. The van der Waals surface area contributed by atoms with E-state index in [4.69, 9.17) is 4.74 Å². The molecular weight excluding hydrogens is 244 g/mol. The zero-order valence-electron chi connectivity index (χ0n) is 11.7. The van der Waals surface area contributed by atoms with Gasteiger partial charge < -0.3 is 9.47 Å². The second-order valence-corrected chi connectivity index (χ2v) is 4.29. The lowest BCUT2D eigenvalue weighted by Crippen LogP contribution is -2.07. The molecule has 0 aromatic heterocycles. The van der Waals surface area contributed by atoms with Crippen LogP contribution in [-0.2, 0) is 4.74 Å². The van der Waals surface area contributed by atoms with Gasteiger partial charge in [-0.25, -0.2) is 4.79 Å². The Morgan fingerprint density at radius 3 is 2.47 bits per heavy atom.